The lowest BCUT2D eigenvalue weighted by Crippen LogP contribution is -2.53. The van der Waals surface area contributed by atoms with E-state index in [1.807, 2.05) is 12.1 Å². The van der Waals surface area contributed by atoms with Crippen LogP contribution < -0.4 is 11.1 Å². The van der Waals surface area contributed by atoms with Gasteiger partial charge in [-0.15, -0.1) is 0 Å². The monoisotopic (exact) mass is 299 g/mol. The second kappa shape index (κ2) is 4.64. The van der Waals surface area contributed by atoms with E-state index in [0.717, 1.165) is 24.0 Å². The second-order valence-corrected chi connectivity index (χ2v) is 6.19. The molecule has 3 N–H and O–H groups in total. The van der Waals surface area contributed by atoms with Crippen molar-refractivity contribution in [3.8, 4) is 0 Å². The maximum absolute atomic E-state index is 12.8. The molecule has 0 bridgehead atoms. The number of nitrogens with two attached hydrogens (primary N) is 1. The Morgan fingerprint density at radius 2 is 1.91 bits per heavy atom. The predicted octanol–water partition coefficient (Wildman–Crippen LogP) is 0.782. The van der Waals surface area contributed by atoms with E-state index in [4.69, 9.17) is 5.73 Å². The molecule has 2 aliphatic heterocycles. The van der Waals surface area contributed by atoms with Gasteiger partial charge in [0.2, 0.25) is 11.8 Å². The molecular formula is C16H17N3O3. The molecule has 0 saturated carbocycles. The molecule has 3 atom stereocenters. The highest BCUT2D eigenvalue weighted by Crippen LogP contribution is 2.46. The van der Waals surface area contributed by atoms with E-state index < -0.39 is 6.04 Å². The van der Waals surface area contributed by atoms with Crippen molar-refractivity contribution in [2.45, 2.75) is 43.8 Å². The summed E-state index contributed by atoms with van der Waals surface area (Å²) in [6, 6.07) is 4.91. The number of carbonyl (C=O) groups is 3. The van der Waals surface area contributed by atoms with Crippen LogP contribution in [0.1, 0.15) is 59.3 Å². The Bertz CT molecular complexity index is 700. The fourth-order valence-electron chi connectivity index (χ4n) is 3.97. The third kappa shape index (κ3) is 1.73. The van der Waals surface area contributed by atoms with Crippen molar-refractivity contribution in [3.05, 3.63) is 34.9 Å². The van der Waals surface area contributed by atoms with Crippen molar-refractivity contribution in [1.82, 2.24) is 10.2 Å². The summed E-state index contributed by atoms with van der Waals surface area (Å²) in [7, 11) is 0. The van der Waals surface area contributed by atoms with Crippen LogP contribution in [-0.2, 0) is 9.59 Å². The average Bonchev–Trinajstić information content (AvgIpc) is 2.78. The van der Waals surface area contributed by atoms with E-state index in [-0.39, 0.29) is 36.2 Å². The van der Waals surface area contributed by atoms with Gasteiger partial charge in [0.05, 0.1) is 6.04 Å². The van der Waals surface area contributed by atoms with Crippen molar-refractivity contribution >= 4 is 17.7 Å². The molecule has 3 unspecified atom stereocenters. The minimum atomic E-state index is -0.565. The van der Waals surface area contributed by atoms with Gasteiger partial charge in [-0.2, -0.15) is 0 Å². The van der Waals surface area contributed by atoms with Crippen LogP contribution in [0.2, 0.25) is 0 Å². The van der Waals surface area contributed by atoms with Crippen LogP contribution in [0.3, 0.4) is 0 Å². The van der Waals surface area contributed by atoms with Gasteiger partial charge in [0, 0.05) is 18.0 Å². The molecule has 3 aliphatic rings. The highest BCUT2D eigenvalue weighted by Gasteiger charge is 2.47. The van der Waals surface area contributed by atoms with E-state index in [1.54, 1.807) is 11.0 Å². The van der Waals surface area contributed by atoms with Crippen molar-refractivity contribution < 1.29 is 14.4 Å². The summed E-state index contributed by atoms with van der Waals surface area (Å²) in [4.78, 5) is 38.0. The Morgan fingerprint density at radius 3 is 2.68 bits per heavy atom. The summed E-state index contributed by atoms with van der Waals surface area (Å²) in [6.07, 6.45) is 2.21. The zero-order valence-electron chi connectivity index (χ0n) is 12.0. The molecule has 1 aliphatic carbocycles. The van der Waals surface area contributed by atoms with Gasteiger partial charge in [-0.25, -0.2) is 0 Å². The first-order valence-electron chi connectivity index (χ1n) is 7.62. The van der Waals surface area contributed by atoms with E-state index in [9.17, 15) is 14.4 Å². The van der Waals surface area contributed by atoms with Crippen LogP contribution in [-0.4, -0.2) is 28.7 Å². The summed E-state index contributed by atoms with van der Waals surface area (Å²) in [5, 5.41) is 2.34. The number of nitrogens with one attached hydrogen (secondary N) is 1. The van der Waals surface area contributed by atoms with Crippen LogP contribution >= 0.6 is 0 Å². The third-order valence-corrected chi connectivity index (χ3v) is 4.97. The van der Waals surface area contributed by atoms with Crippen LogP contribution in [0.15, 0.2) is 18.2 Å². The Kier molecular flexibility index (Phi) is 2.84. The van der Waals surface area contributed by atoms with Gasteiger partial charge in [0.25, 0.3) is 5.91 Å². The lowest BCUT2D eigenvalue weighted by molar-refractivity contribution is -0.137. The van der Waals surface area contributed by atoms with E-state index in [0.29, 0.717) is 12.0 Å². The fraction of sp³-hybridized carbons (Fsp3) is 0.438. The summed E-state index contributed by atoms with van der Waals surface area (Å²) in [6.45, 7) is 0. The summed E-state index contributed by atoms with van der Waals surface area (Å²) >= 11 is 0. The van der Waals surface area contributed by atoms with Crippen LogP contribution in [0.4, 0.5) is 0 Å². The van der Waals surface area contributed by atoms with Gasteiger partial charge < -0.3 is 10.6 Å². The van der Waals surface area contributed by atoms with Crippen molar-refractivity contribution in [1.29, 1.82) is 0 Å². The molecule has 1 fully saturated rings. The first kappa shape index (κ1) is 13.5. The van der Waals surface area contributed by atoms with E-state index in [1.165, 1.54) is 0 Å². The predicted molar refractivity (Wildman–Crippen MR) is 77.7 cm³/mol. The van der Waals surface area contributed by atoms with Crippen LogP contribution in [0.25, 0.3) is 0 Å². The van der Waals surface area contributed by atoms with Crippen LogP contribution in [0, 0.1) is 0 Å². The molecule has 22 heavy (non-hydrogen) atoms. The first-order valence-corrected chi connectivity index (χ1v) is 7.62. The molecule has 0 radical (unpaired) electrons. The number of nitrogens with zero attached hydrogens (tertiary/aromatic N) is 1. The molecule has 2 heterocycles. The topological polar surface area (TPSA) is 92.5 Å². The lowest BCUT2D eigenvalue weighted by Gasteiger charge is -2.37. The third-order valence-electron chi connectivity index (χ3n) is 4.97. The average molecular weight is 299 g/mol. The largest absolute Gasteiger partial charge is 0.324 e. The van der Waals surface area contributed by atoms with Crippen molar-refractivity contribution in [2.75, 3.05) is 0 Å². The number of benzene rings is 1. The standard InChI is InChI=1S/C16H17N3O3/c17-10-4-5-11-14-8(10)2-1-3-9(14)16(22)19(11)12-6-7-13(20)18-15(12)21/h1-3,10-12H,4-7,17H2,(H,18,20,21). The van der Waals surface area contributed by atoms with E-state index in [2.05, 4.69) is 5.32 Å². The normalized spacial score (nSPS) is 30.3. The molecular weight excluding hydrogens is 282 g/mol. The molecule has 6 heteroatoms. The van der Waals surface area contributed by atoms with Crippen LogP contribution in [0.5, 0.6) is 0 Å². The zero-order chi connectivity index (χ0) is 15.4. The number of amides is 3. The van der Waals surface area contributed by atoms with Gasteiger partial charge in [-0.3, -0.25) is 19.7 Å². The Balaban J connectivity index is 1.76. The highest BCUT2D eigenvalue weighted by molar-refractivity contribution is 6.06. The van der Waals surface area contributed by atoms with Gasteiger partial charge >= 0.3 is 0 Å². The molecule has 114 valence electrons. The smallest absolute Gasteiger partial charge is 0.255 e. The quantitative estimate of drug-likeness (QED) is 0.750. The molecule has 3 amide bonds. The SMILES string of the molecule is NC1CCC2c3c(cccc31)C(=O)N2C1CCC(=O)NC1=O. The summed E-state index contributed by atoms with van der Waals surface area (Å²) in [5.41, 5.74) is 8.81. The van der Waals surface area contributed by atoms with Crippen molar-refractivity contribution in [2.24, 2.45) is 5.73 Å². The molecule has 6 nitrogen and oxygen atoms in total. The van der Waals surface area contributed by atoms with Gasteiger partial charge in [0.1, 0.15) is 6.04 Å². The highest BCUT2D eigenvalue weighted by atomic mass is 16.2. The molecule has 4 rings (SSSR count). The van der Waals surface area contributed by atoms with E-state index >= 15 is 0 Å². The minimum Gasteiger partial charge on any atom is -0.324 e. The number of carbonyl (C=O) groups excluding carboxylic acids is 3. The number of hydrogen-bond donors (Lipinski definition) is 2. The molecule has 0 aromatic heterocycles. The summed E-state index contributed by atoms with van der Waals surface area (Å²) < 4.78 is 0. The first-order chi connectivity index (χ1) is 10.6. The molecule has 1 aromatic rings. The number of piperidine rings is 1. The number of imide groups is 1. The summed E-state index contributed by atoms with van der Waals surface area (Å²) in [5.74, 6) is -0.754. The van der Waals surface area contributed by atoms with Gasteiger partial charge in [0.15, 0.2) is 0 Å². The Labute approximate surface area is 127 Å². The Morgan fingerprint density at radius 1 is 1.09 bits per heavy atom. The van der Waals surface area contributed by atoms with Gasteiger partial charge in [-0.05, 0) is 36.5 Å². The maximum Gasteiger partial charge on any atom is 0.255 e. The minimum absolute atomic E-state index is 0.0549. The number of hydrogen-bond acceptors (Lipinski definition) is 4. The van der Waals surface area contributed by atoms with Crippen molar-refractivity contribution in [3.63, 3.8) is 0 Å². The van der Waals surface area contributed by atoms with Gasteiger partial charge in [-0.1, -0.05) is 12.1 Å². The molecule has 1 aromatic carbocycles. The molecule has 1 saturated heterocycles. The lowest BCUT2D eigenvalue weighted by atomic mass is 9.83. The molecule has 0 spiro atoms. The Hall–Kier alpha value is -2.21. The maximum atomic E-state index is 12.8. The second-order valence-electron chi connectivity index (χ2n) is 6.19. The zero-order valence-corrected chi connectivity index (χ0v) is 12.0. The number of rotatable bonds is 1. The fourth-order valence-corrected chi connectivity index (χ4v) is 3.97.